The Morgan fingerprint density at radius 1 is 1.13 bits per heavy atom. The lowest BCUT2D eigenvalue weighted by atomic mass is 10.1. The maximum absolute atomic E-state index is 13.2. The van der Waals surface area contributed by atoms with Gasteiger partial charge in [-0.05, 0) is 37.6 Å². The molecule has 0 radical (unpaired) electrons. The van der Waals surface area contributed by atoms with Crippen molar-refractivity contribution in [2.45, 2.75) is 26.4 Å². The molecule has 7 nitrogen and oxygen atoms in total. The number of carbonyl (C=O) groups is 2. The lowest BCUT2D eigenvalue weighted by molar-refractivity contribution is -0.139. The fourth-order valence-corrected chi connectivity index (χ4v) is 3.95. The molecule has 162 valence electrons. The van der Waals surface area contributed by atoms with Gasteiger partial charge in [-0.1, -0.05) is 47.5 Å². The monoisotopic (exact) mass is 451 g/mol. The molecule has 0 spiro atoms. The van der Waals surface area contributed by atoms with E-state index in [4.69, 9.17) is 11.6 Å². The second-order valence-electron chi connectivity index (χ2n) is 7.05. The minimum Gasteiger partial charge on any atom is -0.357 e. The van der Waals surface area contributed by atoms with E-state index in [1.165, 1.54) is 18.0 Å². The number of sulfonamides is 1. The van der Waals surface area contributed by atoms with Crippen LogP contribution in [0.3, 0.4) is 0 Å². The molecule has 0 unspecified atom stereocenters. The maximum atomic E-state index is 13.2. The number of rotatable bonds is 8. The van der Waals surface area contributed by atoms with E-state index in [1.807, 2.05) is 31.2 Å². The summed E-state index contributed by atoms with van der Waals surface area (Å²) >= 11 is 6.00. The van der Waals surface area contributed by atoms with Crippen molar-refractivity contribution >= 4 is 39.1 Å². The summed E-state index contributed by atoms with van der Waals surface area (Å²) in [7, 11) is -2.28. The SMILES string of the molecule is CNC(=O)[C@@H](C)N(Cc1ccc(C)cc1)C(=O)CN(c1cccc(Cl)c1)S(C)(=O)=O. The number of carbonyl (C=O) groups excluding carboxylic acids is 2. The molecule has 9 heteroatoms. The van der Waals surface area contributed by atoms with Crippen LogP contribution in [-0.4, -0.2) is 51.0 Å². The molecule has 0 heterocycles. The molecule has 2 aromatic rings. The summed E-state index contributed by atoms with van der Waals surface area (Å²) in [6, 6.07) is 13.0. The van der Waals surface area contributed by atoms with Crippen molar-refractivity contribution in [3.63, 3.8) is 0 Å². The van der Waals surface area contributed by atoms with Crippen LogP contribution in [0.25, 0.3) is 0 Å². The fourth-order valence-electron chi connectivity index (χ4n) is 2.93. The molecule has 2 aromatic carbocycles. The summed E-state index contributed by atoms with van der Waals surface area (Å²) in [5.74, 6) is -0.846. The number of nitrogens with one attached hydrogen (secondary N) is 1. The average molecular weight is 452 g/mol. The molecule has 2 amide bonds. The zero-order valence-electron chi connectivity index (χ0n) is 17.4. The normalized spacial score (nSPS) is 12.2. The molecule has 0 aliphatic rings. The molecule has 0 saturated heterocycles. The van der Waals surface area contributed by atoms with Gasteiger partial charge in [0.15, 0.2) is 0 Å². The number of hydrogen-bond acceptors (Lipinski definition) is 4. The second kappa shape index (κ2) is 9.95. The number of nitrogens with zero attached hydrogens (tertiary/aromatic N) is 2. The van der Waals surface area contributed by atoms with E-state index >= 15 is 0 Å². The first-order valence-corrected chi connectivity index (χ1v) is 11.6. The zero-order chi connectivity index (χ0) is 22.5. The molecule has 0 aromatic heterocycles. The third-order valence-electron chi connectivity index (χ3n) is 4.66. The second-order valence-corrected chi connectivity index (χ2v) is 9.39. The lowest BCUT2D eigenvalue weighted by Gasteiger charge is -2.31. The Morgan fingerprint density at radius 3 is 2.30 bits per heavy atom. The fraction of sp³-hybridized carbons (Fsp3) is 0.333. The Kier molecular flexibility index (Phi) is 7.86. The summed E-state index contributed by atoms with van der Waals surface area (Å²) in [6.07, 6.45) is 1.02. The molecule has 0 aliphatic carbocycles. The van der Waals surface area contributed by atoms with E-state index in [1.54, 1.807) is 25.1 Å². The molecule has 0 bridgehead atoms. The van der Waals surface area contributed by atoms with Crippen LogP contribution in [0.4, 0.5) is 5.69 Å². The third-order valence-corrected chi connectivity index (χ3v) is 6.04. The number of aryl methyl sites for hydroxylation is 1. The van der Waals surface area contributed by atoms with E-state index in [0.29, 0.717) is 5.02 Å². The highest BCUT2D eigenvalue weighted by molar-refractivity contribution is 7.92. The predicted octanol–water partition coefficient (Wildman–Crippen LogP) is 2.58. The van der Waals surface area contributed by atoms with Crippen molar-refractivity contribution in [1.29, 1.82) is 0 Å². The Hall–Kier alpha value is -2.58. The van der Waals surface area contributed by atoms with Gasteiger partial charge in [-0.2, -0.15) is 0 Å². The number of halogens is 1. The Balaban J connectivity index is 2.36. The van der Waals surface area contributed by atoms with Crippen molar-refractivity contribution < 1.29 is 18.0 Å². The summed E-state index contributed by atoms with van der Waals surface area (Å²) < 4.78 is 25.8. The minimum atomic E-state index is -3.77. The first kappa shape index (κ1) is 23.7. The van der Waals surface area contributed by atoms with Crippen LogP contribution in [0.1, 0.15) is 18.1 Å². The van der Waals surface area contributed by atoms with Crippen molar-refractivity contribution in [2.24, 2.45) is 0 Å². The van der Waals surface area contributed by atoms with Gasteiger partial charge in [-0.3, -0.25) is 13.9 Å². The standard InChI is InChI=1S/C21H26ClN3O4S/c1-15-8-10-17(11-9-15)13-24(16(2)21(27)23-3)20(26)14-25(30(4,28)29)19-7-5-6-18(22)12-19/h5-12,16H,13-14H2,1-4H3,(H,23,27)/t16-/m1/s1. The van der Waals surface area contributed by atoms with Gasteiger partial charge in [0.1, 0.15) is 12.6 Å². The van der Waals surface area contributed by atoms with Crippen LogP contribution in [0.15, 0.2) is 48.5 Å². The van der Waals surface area contributed by atoms with Crippen LogP contribution in [0.2, 0.25) is 5.02 Å². The van der Waals surface area contributed by atoms with Crippen molar-refractivity contribution in [3.05, 3.63) is 64.7 Å². The first-order chi connectivity index (χ1) is 14.0. The summed E-state index contributed by atoms with van der Waals surface area (Å²) in [4.78, 5) is 26.8. The lowest BCUT2D eigenvalue weighted by Crippen LogP contribution is -2.50. The Bertz CT molecular complexity index is 1010. The van der Waals surface area contributed by atoms with Crippen molar-refractivity contribution in [2.75, 3.05) is 24.2 Å². The maximum Gasteiger partial charge on any atom is 0.244 e. The van der Waals surface area contributed by atoms with Crippen LogP contribution in [0, 0.1) is 6.92 Å². The summed E-state index contributed by atoms with van der Waals surface area (Å²) in [5.41, 5.74) is 2.18. The number of amides is 2. The van der Waals surface area contributed by atoms with E-state index in [9.17, 15) is 18.0 Å². The highest BCUT2D eigenvalue weighted by atomic mass is 35.5. The van der Waals surface area contributed by atoms with Gasteiger partial charge >= 0.3 is 0 Å². The van der Waals surface area contributed by atoms with E-state index in [0.717, 1.165) is 21.7 Å². The van der Waals surface area contributed by atoms with Crippen molar-refractivity contribution in [1.82, 2.24) is 10.2 Å². The van der Waals surface area contributed by atoms with Crippen LogP contribution >= 0.6 is 11.6 Å². The molecule has 0 fully saturated rings. The average Bonchev–Trinajstić information content (AvgIpc) is 2.69. The quantitative estimate of drug-likeness (QED) is 0.668. The highest BCUT2D eigenvalue weighted by Crippen LogP contribution is 2.22. The van der Waals surface area contributed by atoms with E-state index in [2.05, 4.69) is 5.32 Å². The molecule has 2 rings (SSSR count). The minimum absolute atomic E-state index is 0.168. The summed E-state index contributed by atoms with van der Waals surface area (Å²) in [5, 5.41) is 2.89. The van der Waals surface area contributed by atoms with E-state index < -0.39 is 28.5 Å². The van der Waals surface area contributed by atoms with Gasteiger partial charge < -0.3 is 10.2 Å². The van der Waals surface area contributed by atoms with Crippen LogP contribution in [0.5, 0.6) is 0 Å². The molecular weight excluding hydrogens is 426 g/mol. The van der Waals surface area contributed by atoms with Gasteiger partial charge in [0.05, 0.1) is 11.9 Å². The molecule has 1 atom stereocenters. The number of anilines is 1. The molecular formula is C21H26ClN3O4S. The van der Waals surface area contributed by atoms with Gasteiger partial charge in [-0.15, -0.1) is 0 Å². The smallest absolute Gasteiger partial charge is 0.244 e. The molecule has 0 saturated carbocycles. The molecule has 1 N–H and O–H groups in total. The highest BCUT2D eigenvalue weighted by Gasteiger charge is 2.29. The van der Waals surface area contributed by atoms with Crippen LogP contribution in [-0.2, 0) is 26.2 Å². The third kappa shape index (κ3) is 6.21. The Morgan fingerprint density at radius 2 is 1.77 bits per heavy atom. The van der Waals surface area contributed by atoms with Crippen molar-refractivity contribution in [3.8, 4) is 0 Å². The first-order valence-electron chi connectivity index (χ1n) is 9.33. The van der Waals surface area contributed by atoms with Gasteiger partial charge in [-0.25, -0.2) is 8.42 Å². The number of hydrogen-bond donors (Lipinski definition) is 1. The van der Waals surface area contributed by atoms with Gasteiger partial charge in [0.25, 0.3) is 0 Å². The predicted molar refractivity (Wildman–Crippen MR) is 119 cm³/mol. The van der Waals surface area contributed by atoms with E-state index in [-0.39, 0.29) is 18.1 Å². The number of benzene rings is 2. The zero-order valence-corrected chi connectivity index (χ0v) is 19.0. The van der Waals surface area contributed by atoms with Gasteiger partial charge in [0.2, 0.25) is 21.8 Å². The van der Waals surface area contributed by atoms with Gasteiger partial charge in [0, 0.05) is 18.6 Å². The summed E-state index contributed by atoms with van der Waals surface area (Å²) in [6.45, 7) is 3.27. The molecule has 0 aliphatic heterocycles. The molecule has 30 heavy (non-hydrogen) atoms. The Labute approximate surface area is 182 Å². The number of likely N-dealkylation sites (N-methyl/N-ethyl adjacent to an activating group) is 1. The topological polar surface area (TPSA) is 86.8 Å². The van der Waals surface area contributed by atoms with Crippen LogP contribution < -0.4 is 9.62 Å². The largest absolute Gasteiger partial charge is 0.357 e.